The Labute approximate surface area is 83.8 Å². The fourth-order valence-corrected chi connectivity index (χ4v) is 2.32. The van der Waals surface area contributed by atoms with Crippen molar-refractivity contribution in [3.8, 4) is 0 Å². The number of aliphatic hydroxyl groups is 1. The van der Waals surface area contributed by atoms with Crippen molar-refractivity contribution in [1.82, 2.24) is 0 Å². The van der Waals surface area contributed by atoms with Gasteiger partial charge < -0.3 is 9.84 Å². The van der Waals surface area contributed by atoms with E-state index < -0.39 is 6.10 Å². The van der Waals surface area contributed by atoms with Crippen molar-refractivity contribution in [2.45, 2.75) is 45.3 Å². The Bertz CT molecular complexity index is 293. The standard InChI is InChI=1S/C11H16O3/c1-6-3-4-8-7(2)11(13)14-10(8)9(12)5-6/h6,9-10,12H,3-5H2,1-2H3/t6-,9+,10-/m1/s1. The van der Waals surface area contributed by atoms with Crippen molar-refractivity contribution in [2.75, 3.05) is 0 Å². The average Bonchev–Trinajstić information content (AvgIpc) is 2.32. The molecule has 0 aromatic rings. The second-order valence-electron chi connectivity index (χ2n) is 4.42. The third-order valence-electron chi connectivity index (χ3n) is 3.27. The number of fused-ring (bicyclic) bond motifs is 1. The first-order valence-corrected chi connectivity index (χ1v) is 5.18. The quantitative estimate of drug-likeness (QED) is 0.596. The molecular formula is C11H16O3. The number of hydrogen-bond donors (Lipinski definition) is 1. The maximum Gasteiger partial charge on any atom is 0.334 e. The van der Waals surface area contributed by atoms with Crippen molar-refractivity contribution in [1.29, 1.82) is 0 Å². The molecule has 1 aliphatic heterocycles. The van der Waals surface area contributed by atoms with Gasteiger partial charge in [0.05, 0.1) is 6.10 Å². The van der Waals surface area contributed by atoms with Gasteiger partial charge in [0.15, 0.2) is 0 Å². The number of rotatable bonds is 0. The Morgan fingerprint density at radius 1 is 1.50 bits per heavy atom. The molecule has 0 spiro atoms. The third-order valence-corrected chi connectivity index (χ3v) is 3.27. The van der Waals surface area contributed by atoms with E-state index in [2.05, 4.69) is 6.92 Å². The van der Waals surface area contributed by atoms with E-state index in [4.69, 9.17) is 4.74 Å². The van der Waals surface area contributed by atoms with Gasteiger partial charge in [-0.2, -0.15) is 0 Å². The smallest absolute Gasteiger partial charge is 0.334 e. The van der Waals surface area contributed by atoms with Crippen molar-refractivity contribution in [2.24, 2.45) is 5.92 Å². The molecule has 1 aliphatic carbocycles. The van der Waals surface area contributed by atoms with E-state index in [1.807, 2.05) is 0 Å². The van der Waals surface area contributed by atoms with E-state index in [1.165, 1.54) is 0 Å². The van der Waals surface area contributed by atoms with Gasteiger partial charge in [-0.3, -0.25) is 0 Å². The van der Waals surface area contributed by atoms with Crippen LogP contribution in [0.15, 0.2) is 11.1 Å². The second-order valence-corrected chi connectivity index (χ2v) is 4.42. The zero-order chi connectivity index (χ0) is 10.3. The van der Waals surface area contributed by atoms with Crippen LogP contribution >= 0.6 is 0 Å². The van der Waals surface area contributed by atoms with Crippen molar-refractivity contribution < 1.29 is 14.6 Å². The minimum Gasteiger partial charge on any atom is -0.452 e. The van der Waals surface area contributed by atoms with Gasteiger partial charge in [0.25, 0.3) is 0 Å². The molecule has 3 nitrogen and oxygen atoms in total. The first-order valence-electron chi connectivity index (χ1n) is 5.18. The highest BCUT2D eigenvalue weighted by Gasteiger charge is 2.38. The van der Waals surface area contributed by atoms with Crippen LogP contribution < -0.4 is 0 Å². The molecular weight excluding hydrogens is 180 g/mol. The van der Waals surface area contributed by atoms with Crippen LogP contribution in [0.5, 0.6) is 0 Å². The molecule has 0 bridgehead atoms. The van der Waals surface area contributed by atoms with E-state index >= 15 is 0 Å². The lowest BCUT2D eigenvalue weighted by Crippen LogP contribution is -2.28. The van der Waals surface area contributed by atoms with Crippen molar-refractivity contribution in [3.63, 3.8) is 0 Å². The summed E-state index contributed by atoms with van der Waals surface area (Å²) in [4.78, 5) is 11.3. The first kappa shape index (κ1) is 9.71. The average molecular weight is 196 g/mol. The molecule has 0 amide bonds. The van der Waals surface area contributed by atoms with Crippen LogP contribution in [0, 0.1) is 5.92 Å². The SMILES string of the molecule is CC1=C2CC[C@@H](C)C[C@H](O)[C@@H]2OC1=O. The molecule has 3 heteroatoms. The van der Waals surface area contributed by atoms with E-state index in [0.29, 0.717) is 11.5 Å². The molecule has 0 unspecified atom stereocenters. The van der Waals surface area contributed by atoms with Crippen LogP contribution in [0.25, 0.3) is 0 Å². The van der Waals surface area contributed by atoms with E-state index in [0.717, 1.165) is 24.8 Å². The molecule has 2 aliphatic rings. The van der Waals surface area contributed by atoms with Gasteiger partial charge in [-0.25, -0.2) is 4.79 Å². The van der Waals surface area contributed by atoms with Gasteiger partial charge in [0, 0.05) is 5.57 Å². The van der Waals surface area contributed by atoms with Gasteiger partial charge in [-0.15, -0.1) is 0 Å². The highest BCUT2D eigenvalue weighted by atomic mass is 16.6. The summed E-state index contributed by atoms with van der Waals surface area (Å²) in [5.74, 6) is 0.258. The van der Waals surface area contributed by atoms with Crippen LogP contribution in [0.4, 0.5) is 0 Å². The number of carbonyl (C=O) groups excluding carboxylic acids is 1. The number of carbonyl (C=O) groups is 1. The predicted molar refractivity (Wildman–Crippen MR) is 51.6 cm³/mol. The Morgan fingerprint density at radius 2 is 2.21 bits per heavy atom. The third kappa shape index (κ3) is 1.46. The van der Waals surface area contributed by atoms with Gasteiger partial charge in [-0.05, 0) is 37.7 Å². The maximum atomic E-state index is 11.3. The summed E-state index contributed by atoms with van der Waals surface area (Å²) in [7, 11) is 0. The Balaban J connectivity index is 2.28. The monoisotopic (exact) mass is 196 g/mol. The van der Waals surface area contributed by atoms with Crippen molar-refractivity contribution >= 4 is 5.97 Å². The first-order chi connectivity index (χ1) is 6.59. The molecule has 0 saturated heterocycles. The van der Waals surface area contributed by atoms with Gasteiger partial charge in [0.1, 0.15) is 6.10 Å². The molecule has 14 heavy (non-hydrogen) atoms. The normalized spacial score (nSPS) is 37.9. The van der Waals surface area contributed by atoms with Crippen LogP contribution in [-0.2, 0) is 9.53 Å². The molecule has 0 aromatic heterocycles. The molecule has 2 rings (SSSR count). The summed E-state index contributed by atoms with van der Waals surface area (Å²) in [6, 6.07) is 0. The Hall–Kier alpha value is -0.830. The Kier molecular flexibility index (Phi) is 2.35. The van der Waals surface area contributed by atoms with E-state index in [1.54, 1.807) is 6.92 Å². The summed E-state index contributed by atoms with van der Waals surface area (Å²) in [5.41, 5.74) is 1.73. The van der Waals surface area contributed by atoms with E-state index in [9.17, 15) is 9.90 Å². The molecule has 3 atom stereocenters. The van der Waals surface area contributed by atoms with Crippen LogP contribution in [0.1, 0.15) is 33.1 Å². The molecule has 0 aromatic carbocycles. The van der Waals surface area contributed by atoms with Crippen LogP contribution in [-0.4, -0.2) is 23.3 Å². The summed E-state index contributed by atoms with van der Waals surface area (Å²) in [5, 5.41) is 9.85. The lowest BCUT2D eigenvalue weighted by atomic mass is 10.0. The lowest BCUT2D eigenvalue weighted by Gasteiger charge is -2.17. The second kappa shape index (κ2) is 3.39. The van der Waals surface area contributed by atoms with Crippen LogP contribution in [0.2, 0.25) is 0 Å². The molecule has 1 fully saturated rings. The summed E-state index contributed by atoms with van der Waals surface area (Å²) in [6.45, 7) is 3.92. The topological polar surface area (TPSA) is 46.5 Å². The minimum atomic E-state index is -0.510. The van der Waals surface area contributed by atoms with Gasteiger partial charge in [0.2, 0.25) is 0 Å². The zero-order valence-electron chi connectivity index (χ0n) is 8.62. The Morgan fingerprint density at radius 3 is 2.93 bits per heavy atom. The largest absolute Gasteiger partial charge is 0.452 e. The summed E-state index contributed by atoms with van der Waals surface area (Å²) >= 11 is 0. The molecule has 1 heterocycles. The van der Waals surface area contributed by atoms with Crippen molar-refractivity contribution in [3.05, 3.63) is 11.1 Å². The minimum absolute atomic E-state index is 0.251. The number of hydrogen-bond acceptors (Lipinski definition) is 3. The maximum absolute atomic E-state index is 11.3. The van der Waals surface area contributed by atoms with Crippen LogP contribution in [0.3, 0.4) is 0 Å². The fourth-order valence-electron chi connectivity index (χ4n) is 2.32. The van der Waals surface area contributed by atoms with Gasteiger partial charge >= 0.3 is 5.97 Å². The molecule has 78 valence electrons. The van der Waals surface area contributed by atoms with E-state index in [-0.39, 0.29) is 12.1 Å². The number of aliphatic hydroxyl groups excluding tert-OH is 1. The molecule has 1 N–H and O–H groups in total. The highest BCUT2D eigenvalue weighted by molar-refractivity contribution is 5.91. The summed E-state index contributed by atoms with van der Waals surface area (Å²) in [6.07, 6.45) is 1.79. The highest BCUT2D eigenvalue weighted by Crippen LogP contribution is 2.35. The zero-order valence-corrected chi connectivity index (χ0v) is 8.62. The predicted octanol–water partition coefficient (Wildman–Crippen LogP) is 1.41. The lowest BCUT2D eigenvalue weighted by molar-refractivity contribution is -0.144. The fraction of sp³-hybridized carbons (Fsp3) is 0.727. The number of ether oxygens (including phenoxy) is 1. The number of esters is 1. The van der Waals surface area contributed by atoms with Gasteiger partial charge in [-0.1, -0.05) is 6.92 Å². The molecule has 1 saturated carbocycles. The summed E-state index contributed by atoms with van der Waals surface area (Å²) < 4.78 is 5.16. The molecule has 0 radical (unpaired) electrons.